The Morgan fingerprint density at radius 3 is 2.93 bits per heavy atom. The lowest BCUT2D eigenvalue weighted by molar-refractivity contribution is -0.0757. The van der Waals surface area contributed by atoms with E-state index < -0.39 is 0 Å². The van der Waals surface area contributed by atoms with Gasteiger partial charge in [0.15, 0.2) is 0 Å². The van der Waals surface area contributed by atoms with Gasteiger partial charge in [-0.1, -0.05) is 6.07 Å². The lowest BCUT2D eigenvalue weighted by Crippen LogP contribution is -2.46. The van der Waals surface area contributed by atoms with Gasteiger partial charge in [-0.25, -0.2) is 4.98 Å². The van der Waals surface area contributed by atoms with E-state index in [2.05, 4.69) is 27.3 Å². The number of pyridine rings is 1. The summed E-state index contributed by atoms with van der Waals surface area (Å²) in [5, 5.41) is 11.7. The van der Waals surface area contributed by atoms with Crippen LogP contribution in [-0.4, -0.2) is 48.8 Å². The fourth-order valence-electron chi connectivity index (χ4n) is 3.94. The number of ether oxygens (including phenoxy) is 1. The lowest BCUT2D eigenvalue weighted by atomic mass is 9.82. The second kappa shape index (κ2) is 7.58. The number of amides is 1. The summed E-state index contributed by atoms with van der Waals surface area (Å²) in [6.07, 6.45) is 4.55. The van der Waals surface area contributed by atoms with Crippen LogP contribution in [0.2, 0.25) is 0 Å². The molecule has 0 bridgehead atoms. The van der Waals surface area contributed by atoms with E-state index in [1.54, 1.807) is 11.3 Å². The number of nitrogens with one attached hydrogen (secondary N) is 1. The Bertz CT molecular complexity index is 810. The Morgan fingerprint density at radius 1 is 1.41 bits per heavy atom. The molecule has 4 rings (SSSR count). The number of rotatable bonds is 4. The second-order valence-electron chi connectivity index (χ2n) is 7.20. The molecule has 0 aliphatic carbocycles. The van der Waals surface area contributed by atoms with Crippen LogP contribution < -0.4 is 10.2 Å². The van der Waals surface area contributed by atoms with Crippen LogP contribution in [0, 0.1) is 6.92 Å². The lowest BCUT2D eigenvalue weighted by Gasteiger charge is -2.44. The molecule has 1 spiro atoms. The fraction of sp³-hybridized carbons (Fsp3) is 0.500. The minimum absolute atomic E-state index is 0.0489. The number of aryl methyl sites for hydroxylation is 1. The smallest absolute Gasteiger partial charge is 0.261 e. The van der Waals surface area contributed by atoms with Gasteiger partial charge in [0.2, 0.25) is 0 Å². The van der Waals surface area contributed by atoms with E-state index in [1.807, 2.05) is 19.2 Å². The van der Waals surface area contributed by atoms with E-state index in [1.165, 1.54) is 10.4 Å². The van der Waals surface area contributed by atoms with Crippen molar-refractivity contribution in [3.63, 3.8) is 0 Å². The van der Waals surface area contributed by atoms with Gasteiger partial charge in [0.05, 0.1) is 23.7 Å². The van der Waals surface area contributed by atoms with E-state index in [9.17, 15) is 4.79 Å². The molecule has 1 amide bonds. The third-order valence-electron chi connectivity index (χ3n) is 5.42. The zero-order valence-electron chi connectivity index (χ0n) is 15.5. The number of hydrogen-bond donors (Lipinski definition) is 2. The van der Waals surface area contributed by atoms with Crippen molar-refractivity contribution in [3.05, 3.63) is 45.3 Å². The number of aromatic nitrogens is 1. The number of carbonyl (C=O) groups is 1. The first-order chi connectivity index (χ1) is 13.1. The molecule has 144 valence electrons. The van der Waals surface area contributed by atoms with E-state index in [0.717, 1.165) is 43.7 Å². The zero-order chi connectivity index (χ0) is 18.9. The average molecular weight is 388 g/mol. The molecule has 2 aliphatic heterocycles. The molecule has 1 fully saturated rings. The Hall–Kier alpha value is -1.96. The largest absolute Gasteiger partial charge is 0.395 e. The minimum atomic E-state index is -0.291. The van der Waals surface area contributed by atoms with Gasteiger partial charge in [-0.2, -0.15) is 0 Å². The number of fused-ring (bicyclic) bond motifs is 2. The van der Waals surface area contributed by atoms with Crippen molar-refractivity contribution >= 4 is 23.1 Å². The highest BCUT2D eigenvalue weighted by molar-refractivity contribution is 7.14. The van der Waals surface area contributed by atoms with Crippen molar-refractivity contribution in [1.82, 2.24) is 10.3 Å². The average Bonchev–Trinajstić information content (AvgIpc) is 3.14. The Kier molecular flexibility index (Phi) is 5.16. The normalized spacial score (nSPS) is 18.4. The Labute approximate surface area is 163 Å². The number of piperidine rings is 1. The maximum Gasteiger partial charge on any atom is 0.261 e. The summed E-state index contributed by atoms with van der Waals surface area (Å²) in [5.74, 6) is 0.903. The topological polar surface area (TPSA) is 74.7 Å². The van der Waals surface area contributed by atoms with E-state index in [4.69, 9.17) is 9.84 Å². The summed E-state index contributed by atoms with van der Waals surface area (Å²) in [7, 11) is 0. The number of anilines is 1. The second-order valence-corrected chi connectivity index (χ2v) is 8.34. The molecule has 7 heteroatoms. The van der Waals surface area contributed by atoms with Crippen LogP contribution in [0.5, 0.6) is 0 Å². The Morgan fingerprint density at radius 2 is 2.22 bits per heavy atom. The van der Waals surface area contributed by atoms with Gasteiger partial charge < -0.3 is 20.1 Å². The third kappa shape index (κ3) is 3.59. The summed E-state index contributed by atoms with van der Waals surface area (Å²) >= 11 is 1.56. The minimum Gasteiger partial charge on any atom is -0.395 e. The molecule has 0 saturated carbocycles. The van der Waals surface area contributed by atoms with E-state index in [0.29, 0.717) is 11.5 Å². The summed E-state index contributed by atoms with van der Waals surface area (Å²) in [5.41, 5.74) is 2.06. The molecule has 2 N–H and O–H groups in total. The van der Waals surface area contributed by atoms with Crippen LogP contribution in [0.15, 0.2) is 24.4 Å². The van der Waals surface area contributed by atoms with Crippen molar-refractivity contribution < 1.29 is 14.6 Å². The van der Waals surface area contributed by atoms with E-state index in [-0.39, 0.29) is 24.7 Å². The van der Waals surface area contributed by atoms with Crippen molar-refractivity contribution in [2.24, 2.45) is 0 Å². The number of aliphatic hydroxyl groups excluding tert-OH is 1. The van der Waals surface area contributed by atoms with Crippen molar-refractivity contribution in [1.29, 1.82) is 0 Å². The number of thiophene rings is 1. The Balaban J connectivity index is 1.51. The molecule has 0 atom stereocenters. The first-order valence-electron chi connectivity index (χ1n) is 9.45. The standard InChI is InChI=1S/C20H25N3O3S/c1-14-2-3-18(22-13-14)23-8-5-20(6-9-23)15-12-17(19(25)21-7-10-24)27-16(15)4-11-26-20/h2-3,12-13,24H,4-11H2,1H3,(H,21,25). The summed E-state index contributed by atoms with van der Waals surface area (Å²) < 4.78 is 6.30. The number of aliphatic hydroxyl groups is 1. The molecule has 1 saturated heterocycles. The summed E-state index contributed by atoms with van der Waals surface area (Å²) in [6.45, 7) is 4.75. The molecule has 27 heavy (non-hydrogen) atoms. The van der Waals surface area contributed by atoms with Crippen molar-refractivity contribution in [3.8, 4) is 0 Å². The predicted molar refractivity (Wildman–Crippen MR) is 105 cm³/mol. The summed E-state index contributed by atoms with van der Waals surface area (Å²) in [6, 6.07) is 6.18. The highest BCUT2D eigenvalue weighted by atomic mass is 32.1. The maximum atomic E-state index is 12.3. The molecule has 4 heterocycles. The van der Waals surface area contributed by atoms with Gasteiger partial charge in [0.1, 0.15) is 5.82 Å². The van der Waals surface area contributed by atoms with Gasteiger partial charge in [0.25, 0.3) is 5.91 Å². The quantitative estimate of drug-likeness (QED) is 0.842. The molecule has 2 aliphatic rings. The SMILES string of the molecule is Cc1ccc(N2CCC3(CC2)OCCc2sc(C(=O)NCCO)cc23)nc1. The highest BCUT2D eigenvalue weighted by Crippen LogP contribution is 2.45. The number of hydrogen-bond acceptors (Lipinski definition) is 6. The van der Waals surface area contributed by atoms with E-state index >= 15 is 0 Å². The van der Waals surface area contributed by atoms with Crippen LogP contribution in [0.4, 0.5) is 5.82 Å². The van der Waals surface area contributed by atoms with Gasteiger partial charge >= 0.3 is 0 Å². The van der Waals surface area contributed by atoms with Crippen LogP contribution in [0.3, 0.4) is 0 Å². The van der Waals surface area contributed by atoms with Gasteiger partial charge in [-0.3, -0.25) is 4.79 Å². The molecular weight excluding hydrogens is 362 g/mol. The predicted octanol–water partition coefficient (Wildman–Crippen LogP) is 2.24. The van der Waals surface area contributed by atoms with Crippen LogP contribution in [0.1, 0.15) is 38.5 Å². The van der Waals surface area contributed by atoms with Crippen LogP contribution in [-0.2, 0) is 16.8 Å². The van der Waals surface area contributed by atoms with Gasteiger partial charge in [-0.05, 0) is 43.0 Å². The number of nitrogens with zero attached hydrogens (tertiary/aromatic N) is 2. The maximum absolute atomic E-state index is 12.3. The molecule has 0 radical (unpaired) electrons. The van der Waals surface area contributed by atoms with Gasteiger partial charge in [0, 0.05) is 37.1 Å². The van der Waals surface area contributed by atoms with Gasteiger partial charge in [-0.15, -0.1) is 11.3 Å². The zero-order valence-corrected chi connectivity index (χ0v) is 16.3. The monoisotopic (exact) mass is 387 g/mol. The first kappa shape index (κ1) is 18.4. The summed E-state index contributed by atoms with van der Waals surface area (Å²) in [4.78, 5) is 21.1. The first-order valence-corrected chi connectivity index (χ1v) is 10.3. The van der Waals surface area contributed by atoms with Crippen molar-refractivity contribution in [2.45, 2.75) is 31.8 Å². The van der Waals surface area contributed by atoms with Crippen LogP contribution in [0.25, 0.3) is 0 Å². The molecule has 0 unspecified atom stereocenters. The molecular formula is C20H25N3O3S. The number of carbonyl (C=O) groups excluding carboxylic acids is 1. The molecule has 2 aromatic rings. The molecule has 0 aromatic carbocycles. The van der Waals surface area contributed by atoms with Crippen molar-refractivity contribution in [2.75, 3.05) is 37.7 Å². The molecule has 2 aromatic heterocycles. The third-order valence-corrected chi connectivity index (χ3v) is 6.61. The highest BCUT2D eigenvalue weighted by Gasteiger charge is 2.42. The fourth-order valence-corrected chi connectivity index (χ4v) is 5.09. The molecule has 6 nitrogen and oxygen atoms in total. The van der Waals surface area contributed by atoms with Crippen LogP contribution >= 0.6 is 11.3 Å².